The minimum atomic E-state index is 0.0980. The molecule has 0 spiro atoms. The minimum absolute atomic E-state index is 0.0980. The maximum Gasteiger partial charge on any atom is 0.155 e. The summed E-state index contributed by atoms with van der Waals surface area (Å²) in [6.07, 6.45) is 1.86. The monoisotopic (exact) mass is 190 g/mol. The highest BCUT2D eigenvalue weighted by molar-refractivity contribution is 5.97. The summed E-state index contributed by atoms with van der Waals surface area (Å²) < 4.78 is 5.03. The number of carbonyl (C=O) groups excluding carboxylic acids is 1. The first kappa shape index (κ1) is 10.5. The Morgan fingerprint density at radius 2 is 1.79 bits per heavy atom. The first-order valence-corrected chi connectivity index (χ1v) is 4.47. The molecule has 0 aromatic heterocycles. The largest absolute Gasteiger partial charge is 0.497 e. The van der Waals surface area contributed by atoms with Crippen LogP contribution in [0.25, 0.3) is 6.08 Å². The number of carbonyl (C=O) groups is 1. The van der Waals surface area contributed by atoms with Gasteiger partial charge in [-0.25, -0.2) is 0 Å². The Labute approximate surface area is 84.2 Å². The van der Waals surface area contributed by atoms with E-state index >= 15 is 0 Å². The van der Waals surface area contributed by atoms with Gasteiger partial charge in [-0.1, -0.05) is 12.1 Å². The van der Waals surface area contributed by atoms with Gasteiger partial charge in [0.1, 0.15) is 5.75 Å². The Kier molecular flexibility index (Phi) is 3.46. The molecule has 0 aliphatic rings. The lowest BCUT2D eigenvalue weighted by Gasteiger charge is -2.00. The van der Waals surface area contributed by atoms with Crippen molar-refractivity contribution in [1.82, 2.24) is 0 Å². The molecule has 0 aliphatic carbocycles. The predicted octanol–water partition coefficient (Wildman–Crippen LogP) is 2.69. The van der Waals surface area contributed by atoms with Gasteiger partial charge < -0.3 is 4.74 Å². The number of ketones is 1. The fourth-order valence-corrected chi connectivity index (χ4v) is 1.05. The van der Waals surface area contributed by atoms with Crippen LogP contribution in [0.2, 0.25) is 0 Å². The molecule has 2 heteroatoms. The average Bonchev–Trinajstić information content (AvgIpc) is 2.19. The number of allylic oxidation sites excluding steroid dienone is 1. The molecular weight excluding hydrogens is 176 g/mol. The fourth-order valence-electron chi connectivity index (χ4n) is 1.05. The van der Waals surface area contributed by atoms with Crippen LogP contribution in [0.4, 0.5) is 0 Å². The lowest BCUT2D eigenvalue weighted by molar-refractivity contribution is -0.113. The van der Waals surface area contributed by atoms with Crippen molar-refractivity contribution < 1.29 is 9.53 Å². The van der Waals surface area contributed by atoms with Gasteiger partial charge in [0.15, 0.2) is 5.78 Å². The van der Waals surface area contributed by atoms with Crippen molar-refractivity contribution in [2.75, 3.05) is 7.11 Å². The summed E-state index contributed by atoms with van der Waals surface area (Å²) in [5.74, 6) is 0.920. The molecule has 0 aliphatic heterocycles. The molecule has 74 valence electrons. The second-order valence-corrected chi connectivity index (χ2v) is 3.16. The van der Waals surface area contributed by atoms with Crippen LogP contribution in [0.1, 0.15) is 19.4 Å². The second kappa shape index (κ2) is 4.61. The number of ether oxygens (including phenoxy) is 1. The Balaban J connectivity index is 2.88. The Morgan fingerprint density at radius 1 is 1.21 bits per heavy atom. The van der Waals surface area contributed by atoms with Gasteiger partial charge in [0.2, 0.25) is 0 Å². The molecule has 1 aromatic carbocycles. The summed E-state index contributed by atoms with van der Waals surface area (Å²) in [6.45, 7) is 3.38. The van der Waals surface area contributed by atoms with Crippen molar-refractivity contribution in [3.63, 3.8) is 0 Å². The molecular formula is C12H14O2. The third-order valence-corrected chi connectivity index (χ3v) is 2.05. The van der Waals surface area contributed by atoms with Gasteiger partial charge in [-0.3, -0.25) is 4.79 Å². The number of methoxy groups -OCH3 is 1. The summed E-state index contributed by atoms with van der Waals surface area (Å²) in [5, 5.41) is 0. The summed E-state index contributed by atoms with van der Waals surface area (Å²) in [6, 6.07) is 7.59. The van der Waals surface area contributed by atoms with Crippen molar-refractivity contribution in [2.45, 2.75) is 13.8 Å². The van der Waals surface area contributed by atoms with Crippen LogP contribution in [0, 0.1) is 0 Å². The molecule has 14 heavy (non-hydrogen) atoms. The van der Waals surface area contributed by atoms with E-state index in [-0.39, 0.29) is 5.78 Å². The van der Waals surface area contributed by atoms with Crippen LogP contribution < -0.4 is 4.74 Å². The quantitative estimate of drug-likeness (QED) is 0.685. The van der Waals surface area contributed by atoms with E-state index in [1.54, 1.807) is 14.0 Å². The van der Waals surface area contributed by atoms with E-state index in [2.05, 4.69) is 0 Å². The maximum absolute atomic E-state index is 11.0. The van der Waals surface area contributed by atoms with Crippen LogP contribution >= 0.6 is 0 Å². The highest BCUT2D eigenvalue weighted by Crippen LogP contribution is 2.13. The van der Waals surface area contributed by atoms with E-state index in [1.807, 2.05) is 37.3 Å². The van der Waals surface area contributed by atoms with Gasteiger partial charge in [0.25, 0.3) is 0 Å². The van der Waals surface area contributed by atoms with E-state index in [4.69, 9.17) is 4.74 Å². The molecule has 0 heterocycles. The molecule has 0 fully saturated rings. The predicted molar refractivity (Wildman–Crippen MR) is 57.3 cm³/mol. The minimum Gasteiger partial charge on any atom is -0.497 e. The zero-order valence-corrected chi connectivity index (χ0v) is 8.70. The van der Waals surface area contributed by atoms with Crippen molar-refractivity contribution in [2.24, 2.45) is 0 Å². The molecule has 0 radical (unpaired) electrons. The van der Waals surface area contributed by atoms with Crippen molar-refractivity contribution in [3.05, 3.63) is 35.4 Å². The second-order valence-electron chi connectivity index (χ2n) is 3.16. The molecule has 0 bridgehead atoms. The highest BCUT2D eigenvalue weighted by Gasteiger charge is 1.96. The molecule has 0 amide bonds. The number of benzene rings is 1. The van der Waals surface area contributed by atoms with Crippen molar-refractivity contribution in [1.29, 1.82) is 0 Å². The normalized spacial score (nSPS) is 11.2. The molecule has 0 saturated heterocycles. The van der Waals surface area contributed by atoms with Crippen LogP contribution in [-0.4, -0.2) is 12.9 Å². The van der Waals surface area contributed by atoms with Gasteiger partial charge in [0, 0.05) is 0 Å². The standard InChI is InChI=1S/C12H14O2/c1-9(10(2)13)8-11-4-6-12(14-3)7-5-11/h4-8H,1-3H3/b9-8-. The van der Waals surface area contributed by atoms with E-state index in [9.17, 15) is 4.79 Å². The summed E-state index contributed by atoms with van der Waals surface area (Å²) in [4.78, 5) is 11.0. The van der Waals surface area contributed by atoms with Crippen molar-refractivity contribution in [3.8, 4) is 5.75 Å². The van der Waals surface area contributed by atoms with Gasteiger partial charge in [-0.2, -0.15) is 0 Å². The third-order valence-electron chi connectivity index (χ3n) is 2.05. The molecule has 1 aromatic rings. The molecule has 0 saturated carbocycles. The SMILES string of the molecule is COc1ccc(/C=C(/C)C(C)=O)cc1. The Hall–Kier alpha value is -1.57. The maximum atomic E-state index is 11.0. The van der Waals surface area contributed by atoms with Gasteiger partial charge in [-0.15, -0.1) is 0 Å². The van der Waals surface area contributed by atoms with Crippen molar-refractivity contribution >= 4 is 11.9 Å². The first-order valence-electron chi connectivity index (χ1n) is 4.47. The van der Waals surface area contributed by atoms with E-state index in [0.29, 0.717) is 0 Å². The van der Waals surface area contributed by atoms with E-state index in [0.717, 1.165) is 16.9 Å². The topological polar surface area (TPSA) is 26.3 Å². The van der Waals surface area contributed by atoms with E-state index < -0.39 is 0 Å². The molecule has 2 nitrogen and oxygen atoms in total. The van der Waals surface area contributed by atoms with Gasteiger partial charge >= 0.3 is 0 Å². The van der Waals surface area contributed by atoms with Gasteiger partial charge in [-0.05, 0) is 43.2 Å². The molecule has 0 N–H and O–H groups in total. The van der Waals surface area contributed by atoms with Crippen LogP contribution in [0.15, 0.2) is 29.8 Å². The molecule has 1 rings (SSSR count). The van der Waals surface area contributed by atoms with E-state index in [1.165, 1.54) is 0 Å². The summed E-state index contributed by atoms with van der Waals surface area (Å²) >= 11 is 0. The summed E-state index contributed by atoms with van der Waals surface area (Å²) in [5.41, 5.74) is 1.77. The first-order chi connectivity index (χ1) is 6.63. The average molecular weight is 190 g/mol. The van der Waals surface area contributed by atoms with Crippen LogP contribution in [0.5, 0.6) is 5.75 Å². The zero-order chi connectivity index (χ0) is 10.6. The van der Waals surface area contributed by atoms with Gasteiger partial charge in [0.05, 0.1) is 7.11 Å². The highest BCUT2D eigenvalue weighted by atomic mass is 16.5. The molecule has 0 unspecified atom stereocenters. The summed E-state index contributed by atoms with van der Waals surface area (Å²) in [7, 11) is 1.63. The number of rotatable bonds is 3. The Morgan fingerprint density at radius 3 is 2.21 bits per heavy atom. The third kappa shape index (κ3) is 2.73. The number of hydrogen-bond donors (Lipinski definition) is 0. The van der Waals surface area contributed by atoms with Crippen LogP contribution in [0.3, 0.4) is 0 Å². The van der Waals surface area contributed by atoms with Crippen LogP contribution in [-0.2, 0) is 4.79 Å². The smallest absolute Gasteiger partial charge is 0.155 e. The lowest BCUT2D eigenvalue weighted by Crippen LogP contribution is -1.90. The fraction of sp³-hybridized carbons (Fsp3) is 0.250. The zero-order valence-electron chi connectivity index (χ0n) is 8.70. The molecule has 0 atom stereocenters. The lowest BCUT2D eigenvalue weighted by atomic mass is 10.1. The number of Topliss-reactive ketones (excluding diaryl/α,β-unsaturated/α-hetero) is 1. The Bertz CT molecular complexity index is 347. The number of hydrogen-bond acceptors (Lipinski definition) is 2.